The molecular weight excluding hydrogens is 230 g/mol. The fourth-order valence-electron chi connectivity index (χ4n) is 2.76. The van der Waals surface area contributed by atoms with Crippen molar-refractivity contribution in [3.63, 3.8) is 0 Å². The molecule has 0 amide bonds. The maximum atomic E-state index is 5.96. The van der Waals surface area contributed by atoms with E-state index < -0.39 is 0 Å². The van der Waals surface area contributed by atoms with Crippen LogP contribution in [0.1, 0.15) is 30.9 Å². The highest BCUT2D eigenvalue weighted by atomic mass is 16.7. The first-order valence-corrected chi connectivity index (χ1v) is 6.69. The molecule has 1 aromatic rings. The molecule has 3 aliphatic rings. The van der Waals surface area contributed by atoms with Gasteiger partial charge in [-0.2, -0.15) is 0 Å². The number of ether oxygens (including phenoxy) is 3. The van der Waals surface area contributed by atoms with Gasteiger partial charge >= 0.3 is 0 Å². The smallest absolute Gasteiger partial charge is 0.251 e. The SMILES string of the molecule is c1cc2c(cc1C1CNCCO1)OC1(CCC1)O2. The van der Waals surface area contributed by atoms with E-state index in [-0.39, 0.29) is 11.9 Å². The second kappa shape index (κ2) is 3.87. The van der Waals surface area contributed by atoms with E-state index in [2.05, 4.69) is 17.4 Å². The molecule has 1 unspecified atom stereocenters. The first-order chi connectivity index (χ1) is 8.85. The van der Waals surface area contributed by atoms with Crippen LogP contribution >= 0.6 is 0 Å². The van der Waals surface area contributed by atoms with E-state index in [9.17, 15) is 0 Å². The molecule has 2 heterocycles. The highest BCUT2D eigenvalue weighted by molar-refractivity contribution is 5.47. The molecule has 18 heavy (non-hydrogen) atoms. The standard InChI is InChI=1S/C14H17NO3/c1-4-14(5-1)17-11-3-2-10(8-12(11)18-14)13-9-15-6-7-16-13/h2-3,8,13,15H,1,4-7,9H2. The molecule has 1 saturated heterocycles. The predicted octanol–water partition coefficient (Wildman–Crippen LogP) is 2.00. The van der Waals surface area contributed by atoms with Gasteiger partial charge in [0.1, 0.15) is 0 Å². The summed E-state index contributed by atoms with van der Waals surface area (Å²) in [5.74, 6) is 1.41. The number of nitrogens with one attached hydrogen (secondary N) is 1. The monoisotopic (exact) mass is 247 g/mol. The van der Waals surface area contributed by atoms with E-state index in [4.69, 9.17) is 14.2 Å². The zero-order chi connectivity index (χ0) is 12.0. The van der Waals surface area contributed by atoms with E-state index in [1.807, 2.05) is 6.07 Å². The first-order valence-electron chi connectivity index (χ1n) is 6.69. The van der Waals surface area contributed by atoms with Gasteiger partial charge in [-0.25, -0.2) is 0 Å². The van der Waals surface area contributed by atoms with E-state index in [0.29, 0.717) is 0 Å². The number of rotatable bonds is 1. The first kappa shape index (κ1) is 10.6. The van der Waals surface area contributed by atoms with E-state index in [1.165, 1.54) is 12.0 Å². The number of fused-ring (bicyclic) bond motifs is 1. The second-order valence-electron chi connectivity index (χ2n) is 5.24. The summed E-state index contributed by atoms with van der Waals surface area (Å²) >= 11 is 0. The van der Waals surface area contributed by atoms with Crippen molar-refractivity contribution in [2.75, 3.05) is 19.7 Å². The highest BCUT2D eigenvalue weighted by Crippen LogP contribution is 2.48. The van der Waals surface area contributed by atoms with Gasteiger partial charge in [0.2, 0.25) is 0 Å². The summed E-state index contributed by atoms with van der Waals surface area (Å²) in [4.78, 5) is 0. The van der Waals surface area contributed by atoms with Crippen molar-refractivity contribution in [3.05, 3.63) is 23.8 Å². The van der Waals surface area contributed by atoms with Crippen LogP contribution in [0.4, 0.5) is 0 Å². The van der Waals surface area contributed by atoms with Crippen molar-refractivity contribution in [1.82, 2.24) is 5.32 Å². The third kappa shape index (κ3) is 1.60. The fourth-order valence-corrected chi connectivity index (χ4v) is 2.76. The molecule has 1 N–H and O–H groups in total. The van der Waals surface area contributed by atoms with Crippen LogP contribution in [0.3, 0.4) is 0 Å². The topological polar surface area (TPSA) is 39.7 Å². The molecule has 0 bridgehead atoms. The average molecular weight is 247 g/mol. The van der Waals surface area contributed by atoms with E-state index >= 15 is 0 Å². The summed E-state index contributed by atoms with van der Waals surface area (Å²) in [6.07, 6.45) is 3.32. The van der Waals surface area contributed by atoms with Crippen LogP contribution in [-0.4, -0.2) is 25.5 Å². The molecule has 1 spiro atoms. The molecule has 2 aliphatic heterocycles. The molecule has 4 heteroatoms. The molecular formula is C14H17NO3. The maximum Gasteiger partial charge on any atom is 0.251 e. The predicted molar refractivity (Wildman–Crippen MR) is 65.8 cm³/mol. The molecule has 0 radical (unpaired) electrons. The Labute approximate surface area is 106 Å². The van der Waals surface area contributed by atoms with Gasteiger partial charge < -0.3 is 19.5 Å². The van der Waals surface area contributed by atoms with Crippen molar-refractivity contribution >= 4 is 0 Å². The average Bonchev–Trinajstić information content (AvgIpc) is 2.78. The van der Waals surface area contributed by atoms with Crippen molar-refractivity contribution in [2.45, 2.75) is 31.2 Å². The zero-order valence-electron chi connectivity index (χ0n) is 10.3. The van der Waals surface area contributed by atoms with Gasteiger partial charge in [0.15, 0.2) is 11.5 Å². The van der Waals surface area contributed by atoms with Crippen LogP contribution in [0.2, 0.25) is 0 Å². The molecule has 0 aromatic heterocycles. The molecule has 1 atom stereocenters. The van der Waals surface area contributed by atoms with Crippen LogP contribution in [0.25, 0.3) is 0 Å². The largest absolute Gasteiger partial charge is 0.448 e. The van der Waals surface area contributed by atoms with Crippen LogP contribution in [0.15, 0.2) is 18.2 Å². The molecule has 1 saturated carbocycles. The molecule has 4 rings (SSSR count). The minimum absolute atomic E-state index is 0.130. The summed E-state index contributed by atoms with van der Waals surface area (Å²) in [6.45, 7) is 2.57. The van der Waals surface area contributed by atoms with Crippen LogP contribution in [-0.2, 0) is 4.74 Å². The van der Waals surface area contributed by atoms with Crippen molar-refractivity contribution in [3.8, 4) is 11.5 Å². The Bertz CT molecular complexity index is 464. The highest BCUT2D eigenvalue weighted by Gasteiger charge is 2.47. The fraction of sp³-hybridized carbons (Fsp3) is 0.571. The quantitative estimate of drug-likeness (QED) is 0.824. The zero-order valence-corrected chi connectivity index (χ0v) is 10.3. The normalized spacial score (nSPS) is 28.1. The van der Waals surface area contributed by atoms with Crippen LogP contribution < -0.4 is 14.8 Å². The lowest BCUT2D eigenvalue weighted by Crippen LogP contribution is -2.45. The van der Waals surface area contributed by atoms with Gasteiger partial charge in [0.25, 0.3) is 5.79 Å². The van der Waals surface area contributed by atoms with Gasteiger partial charge in [-0.05, 0) is 24.1 Å². The van der Waals surface area contributed by atoms with Gasteiger partial charge in [-0.15, -0.1) is 0 Å². The number of morpholine rings is 1. The summed E-state index contributed by atoms with van der Waals surface area (Å²) in [7, 11) is 0. The lowest BCUT2D eigenvalue weighted by molar-refractivity contribution is -0.138. The van der Waals surface area contributed by atoms with Crippen molar-refractivity contribution in [1.29, 1.82) is 0 Å². The molecule has 96 valence electrons. The Balaban J connectivity index is 1.59. The maximum absolute atomic E-state index is 5.96. The molecule has 1 aromatic carbocycles. The Kier molecular flexibility index (Phi) is 2.29. The summed E-state index contributed by atoms with van der Waals surface area (Å²) in [6, 6.07) is 6.16. The number of benzene rings is 1. The Morgan fingerprint density at radius 2 is 2.06 bits per heavy atom. The molecule has 4 nitrogen and oxygen atoms in total. The molecule has 2 fully saturated rings. The molecule has 1 aliphatic carbocycles. The second-order valence-corrected chi connectivity index (χ2v) is 5.24. The lowest BCUT2D eigenvalue weighted by Gasteiger charge is -2.35. The summed E-state index contributed by atoms with van der Waals surface area (Å²) in [5.41, 5.74) is 1.17. The summed E-state index contributed by atoms with van der Waals surface area (Å²) < 4.78 is 17.6. The third-order valence-electron chi connectivity index (χ3n) is 3.97. The number of hydrogen-bond acceptors (Lipinski definition) is 4. The van der Waals surface area contributed by atoms with Gasteiger partial charge in [0, 0.05) is 25.9 Å². The van der Waals surface area contributed by atoms with Gasteiger partial charge in [-0.3, -0.25) is 0 Å². The van der Waals surface area contributed by atoms with E-state index in [1.54, 1.807) is 0 Å². The van der Waals surface area contributed by atoms with Crippen molar-refractivity contribution < 1.29 is 14.2 Å². The van der Waals surface area contributed by atoms with Gasteiger partial charge in [0.05, 0.1) is 12.7 Å². The van der Waals surface area contributed by atoms with E-state index in [0.717, 1.165) is 44.0 Å². The Morgan fingerprint density at radius 1 is 1.17 bits per heavy atom. The van der Waals surface area contributed by atoms with Crippen LogP contribution in [0.5, 0.6) is 11.5 Å². The van der Waals surface area contributed by atoms with Crippen molar-refractivity contribution in [2.24, 2.45) is 0 Å². The Morgan fingerprint density at radius 3 is 2.78 bits per heavy atom. The minimum atomic E-state index is -0.341. The summed E-state index contributed by atoms with van der Waals surface area (Å²) in [5, 5.41) is 3.34. The number of hydrogen-bond donors (Lipinski definition) is 1. The Hall–Kier alpha value is -1.26. The van der Waals surface area contributed by atoms with Crippen LogP contribution in [0, 0.1) is 0 Å². The minimum Gasteiger partial charge on any atom is -0.448 e. The van der Waals surface area contributed by atoms with Gasteiger partial charge in [-0.1, -0.05) is 6.07 Å². The third-order valence-corrected chi connectivity index (χ3v) is 3.97. The lowest BCUT2D eigenvalue weighted by atomic mass is 9.91.